The van der Waals surface area contributed by atoms with Crippen molar-refractivity contribution < 1.29 is 23.2 Å². The van der Waals surface area contributed by atoms with E-state index in [-0.39, 0.29) is 23.1 Å². The van der Waals surface area contributed by atoms with E-state index in [1.54, 1.807) is 0 Å². The molecule has 1 amide bonds. The van der Waals surface area contributed by atoms with Crippen molar-refractivity contribution in [3.05, 3.63) is 58.1 Å². The minimum atomic E-state index is -0.827. The number of nitrogens with one attached hydrogen (secondary N) is 1. The van der Waals surface area contributed by atoms with Crippen LogP contribution < -0.4 is 5.32 Å². The molecule has 1 saturated heterocycles. The van der Waals surface area contributed by atoms with Crippen molar-refractivity contribution in [1.82, 2.24) is 0 Å². The Kier molecular flexibility index (Phi) is 5.22. The van der Waals surface area contributed by atoms with Crippen LogP contribution in [0.2, 0.25) is 0 Å². The number of ether oxygens (including phenoxy) is 1. The number of rotatable bonds is 4. The highest BCUT2D eigenvalue weighted by molar-refractivity contribution is 5.95. The Labute approximate surface area is 147 Å². The van der Waals surface area contributed by atoms with Crippen molar-refractivity contribution in [1.29, 1.82) is 0 Å². The van der Waals surface area contributed by atoms with Crippen LogP contribution in [0.4, 0.5) is 20.2 Å². The maximum absolute atomic E-state index is 14.3. The molecular formula is C18H16F2N2O4. The second-order valence-corrected chi connectivity index (χ2v) is 5.99. The fourth-order valence-corrected chi connectivity index (χ4v) is 2.86. The average molecular weight is 362 g/mol. The summed E-state index contributed by atoms with van der Waals surface area (Å²) in [4.78, 5) is 22.9. The van der Waals surface area contributed by atoms with E-state index in [1.807, 2.05) is 0 Å². The summed E-state index contributed by atoms with van der Waals surface area (Å²) in [6.45, 7) is 0.898. The molecule has 1 aliphatic heterocycles. The Morgan fingerprint density at radius 1 is 1.15 bits per heavy atom. The maximum atomic E-state index is 14.3. The zero-order valence-corrected chi connectivity index (χ0v) is 13.7. The Balaban J connectivity index is 1.96. The van der Waals surface area contributed by atoms with Gasteiger partial charge >= 0.3 is 0 Å². The molecule has 3 rings (SSSR count). The van der Waals surface area contributed by atoms with Gasteiger partial charge in [0.05, 0.1) is 11.0 Å². The lowest BCUT2D eigenvalue weighted by atomic mass is 9.98. The van der Waals surface area contributed by atoms with E-state index >= 15 is 0 Å². The number of carbonyl (C=O) groups is 1. The van der Waals surface area contributed by atoms with E-state index < -0.39 is 22.2 Å². The van der Waals surface area contributed by atoms with E-state index in [9.17, 15) is 23.7 Å². The van der Waals surface area contributed by atoms with Crippen LogP contribution >= 0.6 is 0 Å². The number of nitro groups is 1. The van der Waals surface area contributed by atoms with Crippen molar-refractivity contribution >= 4 is 17.3 Å². The van der Waals surface area contributed by atoms with Crippen LogP contribution in [0.5, 0.6) is 0 Å². The highest BCUT2D eigenvalue weighted by Crippen LogP contribution is 2.34. The Morgan fingerprint density at radius 3 is 2.42 bits per heavy atom. The molecule has 2 aromatic carbocycles. The van der Waals surface area contributed by atoms with Crippen LogP contribution in [0, 0.1) is 27.7 Å². The summed E-state index contributed by atoms with van der Waals surface area (Å²) in [7, 11) is 0. The van der Waals surface area contributed by atoms with E-state index in [1.165, 1.54) is 18.2 Å². The first-order valence-corrected chi connectivity index (χ1v) is 8.08. The Hall–Kier alpha value is -2.87. The third-order valence-corrected chi connectivity index (χ3v) is 4.29. The van der Waals surface area contributed by atoms with Crippen LogP contribution in [0.1, 0.15) is 12.8 Å². The first-order valence-electron chi connectivity index (χ1n) is 8.08. The molecule has 0 spiro atoms. The second kappa shape index (κ2) is 7.57. The summed E-state index contributed by atoms with van der Waals surface area (Å²) in [5.74, 6) is -1.99. The number of nitrogens with zero attached hydrogens (tertiary/aromatic N) is 1. The van der Waals surface area contributed by atoms with Gasteiger partial charge in [0.2, 0.25) is 5.91 Å². The molecule has 26 heavy (non-hydrogen) atoms. The first kappa shape index (κ1) is 17.9. The summed E-state index contributed by atoms with van der Waals surface area (Å²) in [6.07, 6.45) is 1.04. The summed E-state index contributed by atoms with van der Waals surface area (Å²) < 4.78 is 32.6. The predicted molar refractivity (Wildman–Crippen MR) is 90.6 cm³/mol. The molecule has 0 saturated carbocycles. The molecule has 0 atom stereocenters. The largest absolute Gasteiger partial charge is 0.381 e. The fraction of sp³-hybridized carbons (Fsp3) is 0.278. The minimum absolute atomic E-state index is 0.0397. The van der Waals surface area contributed by atoms with Crippen molar-refractivity contribution in [2.75, 3.05) is 18.5 Å². The first-order chi connectivity index (χ1) is 12.5. The normalized spacial score (nSPS) is 14.8. The van der Waals surface area contributed by atoms with Gasteiger partial charge < -0.3 is 10.1 Å². The van der Waals surface area contributed by atoms with Gasteiger partial charge in [-0.05, 0) is 36.6 Å². The quantitative estimate of drug-likeness (QED) is 0.660. The number of benzene rings is 2. The van der Waals surface area contributed by atoms with Crippen molar-refractivity contribution in [3.63, 3.8) is 0 Å². The zero-order valence-electron chi connectivity index (χ0n) is 13.7. The molecule has 1 heterocycles. The molecule has 0 aromatic heterocycles. The summed E-state index contributed by atoms with van der Waals surface area (Å²) in [5, 5.41) is 13.8. The lowest BCUT2D eigenvalue weighted by Crippen LogP contribution is -2.28. The SMILES string of the molecule is O=C(Nc1cc(-c2ccc(F)cc2)c(F)cc1[N+](=O)[O-])C1CCOCC1. The molecule has 2 aromatic rings. The van der Waals surface area contributed by atoms with Gasteiger partial charge in [0, 0.05) is 24.7 Å². The molecule has 136 valence electrons. The highest BCUT2D eigenvalue weighted by atomic mass is 19.1. The van der Waals surface area contributed by atoms with Crippen LogP contribution in [0.25, 0.3) is 11.1 Å². The molecule has 1 fully saturated rings. The molecule has 1 N–H and O–H groups in total. The summed E-state index contributed by atoms with van der Waals surface area (Å²) >= 11 is 0. The molecule has 1 aliphatic rings. The topological polar surface area (TPSA) is 81.5 Å². The van der Waals surface area contributed by atoms with Gasteiger partial charge in [0.15, 0.2) is 0 Å². The van der Waals surface area contributed by atoms with E-state index in [4.69, 9.17) is 4.74 Å². The lowest BCUT2D eigenvalue weighted by Gasteiger charge is -2.21. The lowest BCUT2D eigenvalue weighted by molar-refractivity contribution is -0.384. The van der Waals surface area contributed by atoms with Gasteiger partial charge in [-0.3, -0.25) is 14.9 Å². The molecule has 0 aliphatic carbocycles. The molecule has 6 nitrogen and oxygen atoms in total. The van der Waals surface area contributed by atoms with E-state index in [2.05, 4.69) is 5.32 Å². The smallest absolute Gasteiger partial charge is 0.295 e. The monoisotopic (exact) mass is 362 g/mol. The number of carbonyl (C=O) groups excluding carboxylic acids is 1. The molecule has 0 unspecified atom stereocenters. The van der Waals surface area contributed by atoms with Crippen molar-refractivity contribution in [3.8, 4) is 11.1 Å². The van der Waals surface area contributed by atoms with Gasteiger partial charge in [0.1, 0.15) is 17.3 Å². The fourth-order valence-electron chi connectivity index (χ4n) is 2.86. The van der Waals surface area contributed by atoms with E-state index in [0.29, 0.717) is 31.6 Å². The number of anilines is 1. The molecule has 0 bridgehead atoms. The van der Waals surface area contributed by atoms with Gasteiger partial charge in [-0.2, -0.15) is 0 Å². The Bertz CT molecular complexity index is 834. The zero-order chi connectivity index (χ0) is 18.7. The molecule has 8 heteroatoms. The minimum Gasteiger partial charge on any atom is -0.381 e. The third kappa shape index (κ3) is 3.85. The van der Waals surface area contributed by atoms with Crippen LogP contribution in [0.15, 0.2) is 36.4 Å². The standard InChI is InChI=1S/C18H16F2N2O4/c19-13-3-1-11(2-4-13)14-9-16(17(22(24)25)10-15(14)20)21-18(23)12-5-7-26-8-6-12/h1-4,9-10,12H,5-8H2,(H,21,23). The predicted octanol–water partition coefficient (Wildman–Crippen LogP) is 3.91. The van der Waals surface area contributed by atoms with Gasteiger partial charge in [-0.25, -0.2) is 8.78 Å². The van der Waals surface area contributed by atoms with Crippen LogP contribution in [-0.2, 0) is 9.53 Å². The number of halogens is 2. The van der Waals surface area contributed by atoms with Crippen molar-refractivity contribution in [2.45, 2.75) is 12.8 Å². The molecule has 0 radical (unpaired) electrons. The van der Waals surface area contributed by atoms with Crippen molar-refractivity contribution in [2.24, 2.45) is 5.92 Å². The number of hydrogen-bond acceptors (Lipinski definition) is 4. The molecular weight excluding hydrogens is 346 g/mol. The third-order valence-electron chi connectivity index (χ3n) is 4.29. The average Bonchev–Trinajstić information content (AvgIpc) is 2.64. The van der Waals surface area contributed by atoms with Crippen LogP contribution in [-0.4, -0.2) is 24.0 Å². The van der Waals surface area contributed by atoms with Gasteiger partial charge in [-0.15, -0.1) is 0 Å². The summed E-state index contributed by atoms with van der Waals surface area (Å²) in [5.41, 5.74) is -0.237. The van der Waals surface area contributed by atoms with Crippen LogP contribution in [0.3, 0.4) is 0 Å². The number of hydrogen-bond donors (Lipinski definition) is 1. The maximum Gasteiger partial charge on any atom is 0.295 e. The highest BCUT2D eigenvalue weighted by Gasteiger charge is 2.26. The number of amides is 1. The van der Waals surface area contributed by atoms with Gasteiger partial charge in [0.25, 0.3) is 5.69 Å². The Morgan fingerprint density at radius 2 is 1.81 bits per heavy atom. The van der Waals surface area contributed by atoms with Gasteiger partial charge in [-0.1, -0.05) is 12.1 Å². The number of nitro benzene ring substituents is 1. The second-order valence-electron chi connectivity index (χ2n) is 5.99. The van der Waals surface area contributed by atoms with E-state index in [0.717, 1.165) is 18.2 Å². The summed E-state index contributed by atoms with van der Waals surface area (Å²) in [6, 6.07) is 7.02.